The van der Waals surface area contributed by atoms with Crippen molar-refractivity contribution in [3.63, 3.8) is 0 Å². The van der Waals surface area contributed by atoms with E-state index in [-0.39, 0.29) is 11.8 Å². The van der Waals surface area contributed by atoms with Gasteiger partial charge in [-0.15, -0.1) is 0 Å². The Morgan fingerprint density at radius 1 is 0.879 bits per heavy atom. The molecule has 4 nitrogen and oxygen atoms in total. The average Bonchev–Trinajstić information content (AvgIpc) is 3.41. The molecule has 3 aromatic rings. The fourth-order valence-electron chi connectivity index (χ4n) is 5.23. The van der Waals surface area contributed by atoms with Crippen LogP contribution >= 0.6 is 0 Å². The van der Waals surface area contributed by atoms with Gasteiger partial charge in [-0.2, -0.15) is 0 Å². The SMILES string of the molecule is CCCCCCCCCCn1c(C2CC(=O)N(c3ccccc3CC)C2)nc2ccccc21. The molecule has 1 unspecified atom stereocenters. The Morgan fingerprint density at radius 2 is 1.58 bits per heavy atom. The number of amides is 1. The molecule has 1 aliphatic rings. The van der Waals surface area contributed by atoms with Crippen LogP contribution in [0.2, 0.25) is 0 Å². The Hall–Kier alpha value is -2.62. The average molecular weight is 446 g/mol. The lowest BCUT2D eigenvalue weighted by Gasteiger charge is -2.20. The van der Waals surface area contributed by atoms with Gasteiger partial charge in [0.05, 0.1) is 11.0 Å². The Balaban J connectivity index is 1.47. The topological polar surface area (TPSA) is 38.1 Å². The summed E-state index contributed by atoms with van der Waals surface area (Å²) in [5.74, 6) is 1.44. The van der Waals surface area contributed by atoms with Crippen LogP contribution < -0.4 is 4.90 Å². The van der Waals surface area contributed by atoms with Crippen molar-refractivity contribution in [1.82, 2.24) is 9.55 Å². The molecule has 0 bridgehead atoms. The summed E-state index contributed by atoms with van der Waals surface area (Å²) in [6, 6.07) is 16.7. The first-order valence-corrected chi connectivity index (χ1v) is 13.1. The highest BCUT2D eigenvalue weighted by molar-refractivity contribution is 5.97. The monoisotopic (exact) mass is 445 g/mol. The Morgan fingerprint density at radius 3 is 2.36 bits per heavy atom. The molecule has 0 aliphatic carbocycles. The highest BCUT2D eigenvalue weighted by Crippen LogP contribution is 2.35. The zero-order valence-electron chi connectivity index (χ0n) is 20.4. The molecule has 1 saturated heterocycles. The summed E-state index contributed by atoms with van der Waals surface area (Å²) in [5.41, 5.74) is 4.55. The molecule has 0 radical (unpaired) electrons. The number of anilines is 1. The highest BCUT2D eigenvalue weighted by Gasteiger charge is 2.35. The van der Waals surface area contributed by atoms with Crippen LogP contribution in [-0.4, -0.2) is 22.0 Å². The molecule has 4 rings (SSSR count). The van der Waals surface area contributed by atoms with Gasteiger partial charge in [-0.3, -0.25) is 4.79 Å². The zero-order chi connectivity index (χ0) is 23.0. The molecule has 2 aromatic carbocycles. The van der Waals surface area contributed by atoms with Crippen molar-refractivity contribution in [3.05, 3.63) is 59.9 Å². The first kappa shape index (κ1) is 23.5. The molecule has 176 valence electrons. The van der Waals surface area contributed by atoms with Crippen molar-refractivity contribution < 1.29 is 4.79 Å². The van der Waals surface area contributed by atoms with Crippen LogP contribution in [0.4, 0.5) is 5.69 Å². The fourth-order valence-corrected chi connectivity index (χ4v) is 5.23. The number of nitrogens with zero attached hydrogens (tertiary/aromatic N) is 3. The van der Waals surface area contributed by atoms with Crippen LogP contribution in [0, 0.1) is 0 Å². The van der Waals surface area contributed by atoms with Gasteiger partial charge in [0.25, 0.3) is 0 Å². The molecule has 1 fully saturated rings. The number of benzene rings is 2. The minimum Gasteiger partial charge on any atom is -0.328 e. The van der Waals surface area contributed by atoms with E-state index in [9.17, 15) is 4.79 Å². The lowest BCUT2D eigenvalue weighted by atomic mass is 10.1. The standard InChI is InChI=1S/C29H39N3O/c1-3-5-6-7-8-9-10-15-20-31-27-19-14-12-17-25(27)30-29(31)24-21-28(33)32(22-24)26-18-13-11-16-23(26)4-2/h11-14,16-19,24H,3-10,15,20-22H2,1-2H3. The lowest BCUT2D eigenvalue weighted by molar-refractivity contribution is -0.117. The van der Waals surface area contributed by atoms with Crippen LogP contribution in [0.5, 0.6) is 0 Å². The van der Waals surface area contributed by atoms with Crippen LogP contribution in [0.1, 0.15) is 88.9 Å². The summed E-state index contributed by atoms with van der Waals surface area (Å²) >= 11 is 0. The third-order valence-electron chi connectivity index (χ3n) is 7.07. The molecular formula is C29H39N3O. The maximum atomic E-state index is 13.0. The Bertz CT molecular complexity index is 1050. The van der Waals surface area contributed by atoms with Crippen LogP contribution in [-0.2, 0) is 17.8 Å². The Labute approximate surface area is 199 Å². The minimum atomic E-state index is 0.142. The van der Waals surface area contributed by atoms with Gasteiger partial charge in [-0.25, -0.2) is 4.98 Å². The molecule has 33 heavy (non-hydrogen) atoms. The normalized spacial score (nSPS) is 16.2. The summed E-state index contributed by atoms with van der Waals surface area (Å²) in [7, 11) is 0. The van der Waals surface area contributed by atoms with E-state index in [1.807, 2.05) is 11.0 Å². The molecule has 0 saturated carbocycles. The van der Waals surface area contributed by atoms with E-state index in [0.717, 1.165) is 36.5 Å². The molecule has 1 aliphatic heterocycles. The van der Waals surface area contributed by atoms with Crippen LogP contribution in [0.25, 0.3) is 11.0 Å². The van der Waals surface area contributed by atoms with E-state index in [1.54, 1.807) is 0 Å². The zero-order valence-corrected chi connectivity index (χ0v) is 20.4. The van der Waals surface area contributed by atoms with Gasteiger partial charge in [0.15, 0.2) is 0 Å². The van der Waals surface area contributed by atoms with Crippen molar-refractivity contribution in [1.29, 1.82) is 0 Å². The van der Waals surface area contributed by atoms with Crippen molar-refractivity contribution in [3.8, 4) is 0 Å². The van der Waals surface area contributed by atoms with Gasteiger partial charge < -0.3 is 9.47 Å². The summed E-state index contributed by atoms with van der Waals surface area (Å²) in [6.45, 7) is 6.13. The number of fused-ring (bicyclic) bond motifs is 1. The first-order chi connectivity index (χ1) is 16.2. The van der Waals surface area contributed by atoms with E-state index < -0.39 is 0 Å². The van der Waals surface area contributed by atoms with Gasteiger partial charge in [-0.05, 0) is 36.6 Å². The summed E-state index contributed by atoms with van der Waals surface area (Å²) < 4.78 is 2.40. The number of carbonyl (C=O) groups is 1. The number of hydrogen-bond donors (Lipinski definition) is 0. The highest BCUT2D eigenvalue weighted by atomic mass is 16.2. The fraction of sp³-hybridized carbons (Fsp3) is 0.517. The maximum absolute atomic E-state index is 13.0. The number of carbonyl (C=O) groups excluding carboxylic acids is 1. The number of imidazole rings is 1. The van der Waals surface area contributed by atoms with Crippen molar-refractivity contribution in [2.24, 2.45) is 0 Å². The quantitative estimate of drug-likeness (QED) is 0.275. The molecule has 0 N–H and O–H groups in total. The van der Waals surface area contributed by atoms with Gasteiger partial charge in [-0.1, -0.05) is 89.1 Å². The minimum absolute atomic E-state index is 0.142. The number of para-hydroxylation sites is 3. The second-order valence-corrected chi connectivity index (χ2v) is 9.47. The van der Waals surface area contributed by atoms with E-state index >= 15 is 0 Å². The molecule has 1 atom stereocenters. The molecule has 0 spiro atoms. The second-order valence-electron chi connectivity index (χ2n) is 9.47. The van der Waals surface area contributed by atoms with Crippen molar-refractivity contribution >= 4 is 22.6 Å². The third-order valence-corrected chi connectivity index (χ3v) is 7.07. The van der Waals surface area contributed by atoms with E-state index in [1.165, 1.54) is 62.4 Å². The van der Waals surface area contributed by atoms with Gasteiger partial charge in [0.1, 0.15) is 5.82 Å². The Kier molecular flexibility index (Phi) is 8.20. The predicted octanol–water partition coefficient (Wildman–Crippen LogP) is 7.26. The van der Waals surface area contributed by atoms with Crippen LogP contribution in [0.15, 0.2) is 48.5 Å². The summed E-state index contributed by atoms with van der Waals surface area (Å²) in [5, 5.41) is 0. The van der Waals surface area contributed by atoms with E-state index in [2.05, 4.69) is 60.9 Å². The number of hydrogen-bond acceptors (Lipinski definition) is 2. The number of unbranched alkanes of at least 4 members (excludes halogenated alkanes) is 7. The van der Waals surface area contributed by atoms with Crippen LogP contribution in [0.3, 0.4) is 0 Å². The van der Waals surface area contributed by atoms with Crippen molar-refractivity contribution in [2.75, 3.05) is 11.4 Å². The molecule has 1 aromatic heterocycles. The maximum Gasteiger partial charge on any atom is 0.227 e. The van der Waals surface area contributed by atoms with Gasteiger partial charge >= 0.3 is 0 Å². The van der Waals surface area contributed by atoms with E-state index in [4.69, 9.17) is 4.98 Å². The smallest absolute Gasteiger partial charge is 0.227 e. The molecule has 1 amide bonds. The largest absolute Gasteiger partial charge is 0.328 e. The number of rotatable bonds is 12. The summed E-state index contributed by atoms with van der Waals surface area (Å²) in [4.78, 5) is 20.1. The third kappa shape index (κ3) is 5.48. The number of aromatic nitrogens is 2. The lowest BCUT2D eigenvalue weighted by Crippen LogP contribution is -2.25. The second kappa shape index (κ2) is 11.5. The molecular weight excluding hydrogens is 406 g/mol. The van der Waals surface area contributed by atoms with Crippen molar-refractivity contribution in [2.45, 2.75) is 90.5 Å². The van der Waals surface area contributed by atoms with Gasteiger partial charge in [0, 0.05) is 31.1 Å². The molecule has 4 heteroatoms. The first-order valence-electron chi connectivity index (χ1n) is 13.1. The summed E-state index contributed by atoms with van der Waals surface area (Å²) in [6.07, 6.45) is 12.0. The van der Waals surface area contributed by atoms with Gasteiger partial charge in [0.2, 0.25) is 5.91 Å². The number of aryl methyl sites for hydroxylation is 2. The molecule has 2 heterocycles. The van der Waals surface area contributed by atoms with E-state index in [0.29, 0.717) is 6.42 Å². The predicted molar refractivity (Wildman–Crippen MR) is 138 cm³/mol.